The predicted octanol–water partition coefficient (Wildman–Crippen LogP) is 2.40. The van der Waals surface area contributed by atoms with E-state index in [2.05, 4.69) is 5.32 Å². The third kappa shape index (κ3) is 5.45. The van der Waals surface area contributed by atoms with Crippen molar-refractivity contribution in [2.45, 2.75) is 22.6 Å². The van der Waals surface area contributed by atoms with Crippen LogP contribution in [0.4, 0.5) is 5.69 Å². The van der Waals surface area contributed by atoms with Gasteiger partial charge < -0.3 is 10.1 Å². The van der Waals surface area contributed by atoms with E-state index in [0.717, 1.165) is 0 Å². The Labute approximate surface area is 204 Å². The third-order valence-corrected chi connectivity index (χ3v) is 9.98. The van der Waals surface area contributed by atoms with Gasteiger partial charge in [0.1, 0.15) is 0 Å². The molecule has 9 nitrogen and oxygen atoms in total. The van der Waals surface area contributed by atoms with Crippen molar-refractivity contribution in [2.24, 2.45) is 5.92 Å². The van der Waals surface area contributed by atoms with Gasteiger partial charge in [-0.3, -0.25) is 4.79 Å². The molecule has 34 heavy (non-hydrogen) atoms. The number of halogens is 1. The van der Waals surface area contributed by atoms with Crippen molar-refractivity contribution in [2.75, 3.05) is 44.7 Å². The highest BCUT2D eigenvalue weighted by Gasteiger charge is 2.33. The lowest BCUT2D eigenvalue weighted by molar-refractivity contribution is -0.120. The molecule has 184 valence electrons. The van der Waals surface area contributed by atoms with Crippen molar-refractivity contribution in [3.05, 3.63) is 53.6 Å². The zero-order valence-corrected chi connectivity index (χ0v) is 20.8. The van der Waals surface area contributed by atoms with Crippen molar-refractivity contribution < 1.29 is 26.4 Å². The number of hydrogen-bond acceptors (Lipinski definition) is 6. The second-order valence-electron chi connectivity index (χ2n) is 8.19. The molecule has 0 saturated carbocycles. The Hall–Kier alpha value is -2.02. The van der Waals surface area contributed by atoms with Gasteiger partial charge in [-0.25, -0.2) is 16.8 Å². The molecule has 2 aliphatic rings. The van der Waals surface area contributed by atoms with Crippen LogP contribution in [0.2, 0.25) is 5.02 Å². The van der Waals surface area contributed by atoms with E-state index in [4.69, 9.17) is 16.3 Å². The number of rotatable bonds is 6. The number of carbonyl (C=O) groups is 1. The topological polar surface area (TPSA) is 113 Å². The zero-order valence-electron chi connectivity index (χ0n) is 18.4. The Bertz CT molecular complexity index is 1230. The van der Waals surface area contributed by atoms with Crippen molar-refractivity contribution >= 4 is 43.2 Å². The number of benzene rings is 2. The minimum absolute atomic E-state index is 0.0697. The number of ether oxygens (including phenoxy) is 1. The molecule has 0 aromatic heterocycles. The molecule has 0 aliphatic carbocycles. The lowest BCUT2D eigenvalue weighted by Gasteiger charge is -2.31. The van der Waals surface area contributed by atoms with Crippen LogP contribution in [0.25, 0.3) is 0 Å². The first kappa shape index (κ1) is 25.1. The monoisotopic (exact) mass is 527 g/mol. The molecule has 0 spiro atoms. The lowest BCUT2D eigenvalue weighted by atomic mass is 9.99. The maximum atomic E-state index is 13.0. The third-order valence-electron chi connectivity index (χ3n) is 5.94. The van der Waals surface area contributed by atoms with Gasteiger partial charge in [0.05, 0.1) is 28.9 Å². The summed E-state index contributed by atoms with van der Waals surface area (Å²) in [6, 6.07) is 11.9. The summed E-state index contributed by atoms with van der Waals surface area (Å²) in [4.78, 5) is 13.1. The SMILES string of the molecule is O=C(Nc1ccc(S(=O)(=O)N2CCOCC2)cc1)C1CCCN(S(=O)(=O)c2ccc(Cl)cc2)C1. The number of sulfonamides is 2. The first-order valence-corrected chi connectivity index (χ1v) is 14.2. The van der Waals surface area contributed by atoms with Crippen molar-refractivity contribution in [1.82, 2.24) is 8.61 Å². The molecule has 1 amide bonds. The summed E-state index contributed by atoms with van der Waals surface area (Å²) in [5.74, 6) is -0.827. The molecule has 1 atom stereocenters. The van der Waals surface area contributed by atoms with Crippen molar-refractivity contribution in [3.63, 3.8) is 0 Å². The number of morpholine rings is 1. The number of nitrogens with one attached hydrogen (secondary N) is 1. The van der Waals surface area contributed by atoms with Gasteiger partial charge in [-0.1, -0.05) is 11.6 Å². The van der Waals surface area contributed by atoms with Gasteiger partial charge in [-0.05, 0) is 61.4 Å². The normalized spacial score (nSPS) is 20.7. The van der Waals surface area contributed by atoms with Crippen LogP contribution in [0.1, 0.15) is 12.8 Å². The van der Waals surface area contributed by atoms with Crippen molar-refractivity contribution in [3.8, 4) is 0 Å². The molecule has 1 N–H and O–H groups in total. The molecular weight excluding hydrogens is 502 g/mol. The summed E-state index contributed by atoms with van der Waals surface area (Å²) in [5, 5.41) is 3.23. The van der Waals surface area contributed by atoms with E-state index < -0.39 is 26.0 Å². The summed E-state index contributed by atoms with van der Waals surface area (Å²) >= 11 is 5.86. The van der Waals surface area contributed by atoms with Gasteiger partial charge in [0.2, 0.25) is 26.0 Å². The Morgan fingerprint density at radius 1 is 0.853 bits per heavy atom. The van der Waals surface area contributed by atoms with Crippen LogP contribution in [0.15, 0.2) is 58.3 Å². The summed E-state index contributed by atoms with van der Waals surface area (Å²) < 4.78 is 59.3. The number of hydrogen-bond donors (Lipinski definition) is 1. The Morgan fingerprint density at radius 3 is 2.03 bits per heavy atom. The van der Waals surface area contributed by atoms with E-state index in [1.165, 1.54) is 57.1 Å². The van der Waals surface area contributed by atoms with Crippen LogP contribution in [0.3, 0.4) is 0 Å². The molecule has 4 rings (SSSR count). The Morgan fingerprint density at radius 2 is 1.41 bits per heavy atom. The van der Waals surface area contributed by atoms with Crippen LogP contribution in [0.5, 0.6) is 0 Å². The molecule has 2 fully saturated rings. The Balaban J connectivity index is 1.41. The number of carbonyl (C=O) groups excluding carboxylic acids is 1. The fourth-order valence-electron chi connectivity index (χ4n) is 4.02. The van der Waals surface area contributed by atoms with Crippen LogP contribution in [-0.2, 0) is 29.6 Å². The molecule has 2 aromatic carbocycles. The van der Waals surface area contributed by atoms with Gasteiger partial charge >= 0.3 is 0 Å². The van der Waals surface area contributed by atoms with E-state index in [0.29, 0.717) is 56.4 Å². The molecule has 0 radical (unpaired) electrons. The summed E-state index contributed by atoms with van der Waals surface area (Å²) in [6.07, 6.45) is 1.11. The average Bonchev–Trinajstić information content (AvgIpc) is 2.85. The minimum Gasteiger partial charge on any atom is -0.379 e. The zero-order chi connectivity index (χ0) is 24.3. The highest BCUT2D eigenvalue weighted by molar-refractivity contribution is 7.89. The maximum absolute atomic E-state index is 13.0. The lowest BCUT2D eigenvalue weighted by Crippen LogP contribution is -2.43. The first-order chi connectivity index (χ1) is 16.2. The van der Waals surface area contributed by atoms with Gasteiger partial charge in [0.25, 0.3) is 0 Å². The Kier molecular flexibility index (Phi) is 7.60. The number of nitrogens with zero attached hydrogens (tertiary/aromatic N) is 2. The quantitative estimate of drug-likeness (QED) is 0.617. The van der Waals surface area contributed by atoms with E-state index in [1.807, 2.05) is 0 Å². The van der Waals surface area contributed by atoms with E-state index >= 15 is 0 Å². The van der Waals surface area contributed by atoms with Gasteiger partial charge in [0, 0.05) is 36.9 Å². The van der Waals surface area contributed by atoms with Gasteiger partial charge in [-0.2, -0.15) is 8.61 Å². The fraction of sp³-hybridized carbons (Fsp3) is 0.409. The number of amides is 1. The predicted molar refractivity (Wildman–Crippen MR) is 128 cm³/mol. The van der Waals surface area contributed by atoms with E-state index in [1.54, 1.807) is 0 Å². The maximum Gasteiger partial charge on any atom is 0.243 e. The molecule has 1 unspecified atom stereocenters. The molecule has 2 saturated heterocycles. The highest BCUT2D eigenvalue weighted by Crippen LogP contribution is 2.26. The summed E-state index contributed by atoms with van der Waals surface area (Å²) in [5.41, 5.74) is 0.448. The largest absolute Gasteiger partial charge is 0.379 e. The van der Waals surface area contributed by atoms with E-state index in [-0.39, 0.29) is 22.2 Å². The van der Waals surface area contributed by atoms with Crippen LogP contribution in [-0.4, -0.2) is 70.7 Å². The van der Waals surface area contributed by atoms with Crippen molar-refractivity contribution in [1.29, 1.82) is 0 Å². The molecule has 2 aromatic rings. The highest BCUT2D eigenvalue weighted by atomic mass is 35.5. The summed E-state index contributed by atoms with van der Waals surface area (Å²) in [7, 11) is -7.36. The summed E-state index contributed by atoms with van der Waals surface area (Å²) in [6.45, 7) is 1.73. The average molecular weight is 528 g/mol. The molecule has 2 aliphatic heterocycles. The molecule has 0 bridgehead atoms. The second kappa shape index (κ2) is 10.3. The number of piperidine rings is 1. The van der Waals surface area contributed by atoms with Crippen LogP contribution >= 0.6 is 11.6 Å². The fourth-order valence-corrected chi connectivity index (χ4v) is 7.08. The second-order valence-corrected chi connectivity index (χ2v) is 12.5. The standard InChI is InChI=1S/C22H26ClN3O6S2/c23-18-3-7-20(8-4-18)34(30,31)26-11-1-2-17(16-26)22(27)24-19-5-9-21(10-6-19)33(28,29)25-12-14-32-15-13-25/h3-10,17H,1-2,11-16H2,(H,24,27). The minimum atomic E-state index is -3.74. The molecule has 2 heterocycles. The van der Waals surface area contributed by atoms with E-state index in [9.17, 15) is 21.6 Å². The van der Waals surface area contributed by atoms with Crippen LogP contribution < -0.4 is 5.32 Å². The number of anilines is 1. The smallest absolute Gasteiger partial charge is 0.243 e. The van der Waals surface area contributed by atoms with Gasteiger partial charge in [-0.15, -0.1) is 0 Å². The van der Waals surface area contributed by atoms with Crippen LogP contribution in [0, 0.1) is 5.92 Å². The van der Waals surface area contributed by atoms with Gasteiger partial charge in [0.15, 0.2) is 0 Å². The molecule has 12 heteroatoms. The molecular formula is C22H26ClN3O6S2. The first-order valence-electron chi connectivity index (χ1n) is 10.9.